The largest absolute Gasteiger partial charge is 0.489 e. The molecule has 0 bridgehead atoms. The highest BCUT2D eigenvalue weighted by molar-refractivity contribution is 9.10. The molecule has 1 aromatic rings. The zero-order valence-corrected chi connectivity index (χ0v) is 15.5. The molecule has 24 heavy (non-hydrogen) atoms. The second-order valence-corrected chi connectivity index (χ2v) is 7.57. The predicted octanol–water partition coefficient (Wildman–Crippen LogP) is 5.22. The number of hydrogen-bond donors (Lipinski definition) is 0. The van der Waals surface area contributed by atoms with Gasteiger partial charge in [-0.25, -0.2) is 4.85 Å². The van der Waals surface area contributed by atoms with Crippen LogP contribution in [0.4, 0.5) is 0 Å². The van der Waals surface area contributed by atoms with Crippen LogP contribution < -0.4 is 0 Å². The first-order chi connectivity index (χ1) is 11.2. The lowest BCUT2D eigenvalue weighted by atomic mass is 9.74. The molecule has 0 radical (unpaired) electrons. The molecule has 5 heteroatoms. The molecule has 1 atom stereocenters. The Bertz CT molecular complexity index is 869. The van der Waals surface area contributed by atoms with Crippen LogP contribution in [-0.2, 0) is 10.3 Å². The van der Waals surface area contributed by atoms with Gasteiger partial charge in [0.1, 0.15) is 17.7 Å². The second kappa shape index (κ2) is 6.16. The summed E-state index contributed by atoms with van der Waals surface area (Å²) in [6.45, 7) is 15.4. The fourth-order valence-electron chi connectivity index (χ4n) is 3.10. The molecular formula is C19H16BrN3O. The number of nitrogens with zero attached hydrogens (tertiary/aromatic N) is 3. The van der Waals surface area contributed by atoms with Crippen molar-refractivity contribution in [2.45, 2.75) is 33.3 Å². The quantitative estimate of drug-likeness (QED) is 0.495. The average Bonchev–Trinajstić information content (AvgIpc) is 2.82. The van der Waals surface area contributed by atoms with Gasteiger partial charge < -0.3 is 4.74 Å². The summed E-state index contributed by atoms with van der Waals surface area (Å²) >= 11 is 3.46. The fraction of sp³-hybridized carbons (Fsp3) is 0.316. The Morgan fingerprint density at radius 3 is 2.38 bits per heavy atom. The highest BCUT2D eigenvalue weighted by atomic mass is 79.9. The van der Waals surface area contributed by atoms with Crippen LogP contribution in [0.1, 0.15) is 33.3 Å². The minimum atomic E-state index is -0.920. The van der Waals surface area contributed by atoms with Crippen molar-refractivity contribution >= 4 is 15.9 Å². The van der Waals surface area contributed by atoms with Crippen LogP contribution in [0.5, 0.6) is 0 Å². The molecule has 1 aromatic carbocycles. The molecule has 1 unspecified atom stereocenters. The van der Waals surface area contributed by atoms with Gasteiger partial charge >= 0.3 is 0 Å². The van der Waals surface area contributed by atoms with E-state index in [1.165, 1.54) is 0 Å². The summed E-state index contributed by atoms with van der Waals surface area (Å²) in [7, 11) is 0. The zero-order valence-electron chi connectivity index (χ0n) is 13.9. The number of nitriles is 2. The minimum Gasteiger partial charge on any atom is -0.489 e. The number of ether oxygens (including phenoxy) is 1. The first-order valence-corrected chi connectivity index (χ1v) is 8.11. The maximum Gasteiger partial charge on any atom is 0.234 e. The van der Waals surface area contributed by atoms with Crippen LogP contribution in [0.25, 0.3) is 4.85 Å². The standard InChI is InChI=1S/C19H16BrN3O/c1-18(2,3)17-15(23-5)16(12(10-21)11-22)24-19(17,4)13-7-6-8-14(20)9-13/h6-9H,1-4H3. The van der Waals surface area contributed by atoms with E-state index in [2.05, 4.69) is 20.8 Å². The van der Waals surface area contributed by atoms with E-state index in [4.69, 9.17) is 11.3 Å². The number of halogens is 1. The SMILES string of the molecule is [C-]#[N+]C1=C(C(C)(C)C)C(C)(c2cccc(Br)c2)OC1=C(C#N)C#N. The Labute approximate surface area is 150 Å². The highest BCUT2D eigenvalue weighted by Gasteiger charge is 2.49. The van der Waals surface area contributed by atoms with Crippen LogP contribution in [0.15, 0.2) is 51.3 Å². The van der Waals surface area contributed by atoms with Crippen molar-refractivity contribution in [3.63, 3.8) is 0 Å². The van der Waals surface area contributed by atoms with Crippen LogP contribution in [0, 0.1) is 34.6 Å². The summed E-state index contributed by atoms with van der Waals surface area (Å²) in [4.78, 5) is 3.61. The van der Waals surface area contributed by atoms with Gasteiger partial charge in [0, 0.05) is 4.47 Å². The summed E-state index contributed by atoms with van der Waals surface area (Å²) in [5.74, 6) is 0.0717. The van der Waals surface area contributed by atoms with Gasteiger partial charge in [-0.3, -0.25) is 0 Å². The maximum atomic E-state index is 9.23. The van der Waals surface area contributed by atoms with Crippen molar-refractivity contribution in [3.8, 4) is 12.1 Å². The second-order valence-electron chi connectivity index (χ2n) is 6.66. The van der Waals surface area contributed by atoms with E-state index >= 15 is 0 Å². The lowest BCUT2D eigenvalue weighted by Gasteiger charge is -2.36. The molecule has 120 valence electrons. The molecule has 0 aromatic heterocycles. The Morgan fingerprint density at radius 1 is 1.29 bits per heavy atom. The van der Waals surface area contributed by atoms with Crippen molar-refractivity contribution in [2.75, 3.05) is 0 Å². The van der Waals surface area contributed by atoms with Gasteiger partial charge in [0.25, 0.3) is 0 Å². The lowest BCUT2D eigenvalue weighted by molar-refractivity contribution is 0.0584. The van der Waals surface area contributed by atoms with E-state index < -0.39 is 5.60 Å². The molecule has 0 amide bonds. The Balaban J connectivity index is 2.88. The van der Waals surface area contributed by atoms with Crippen molar-refractivity contribution in [2.24, 2.45) is 5.41 Å². The summed E-state index contributed by atoms with van der Waals surface area (Å²) in [5, 5.41) is 18.5. The van der Waals surface area contributed by atoms with Crippen molar-refractivity contribution in [1.82, 2.24) is 0 Å². The number of hydrogen-bond acceptors (Lipinski definition) is 3. The normalized spacial score (nSPS) is 20.0. The van der Waals surface area contributed by atoms with Gasteiger partial charge in [-0.15, -0.1) is 0 Å². The minimum absolute atomic E-state index is 0.0717. The first-order valence-electron chi connectivity index (χ1n) is 7.31. The van der Waals surface area contributed by atoms with E-state index in [-0.39, 0.29) is 22.4 Å². The lowest BCUT2D eigenvalue weighted by Crippen LogP contribution is -2.31. The smallest absolute Gasteiger partial charge is 0.234 e. The molecule has 2 rings (SSSR count). The summed E-state index contributed by atoms with van der Waals surface area (Å²) in [6, 6.07) is 11.3. The summed E-state index contributed by atoms with van der Waals surface area (Å²) < 4.78 is 6.99. The third-order valence-corrected chi connectivity index (χ3v) is 4.42. The topological polar surface area (TPSA) is 61.2 Å². The van der Waals surface area contributed by atoms with Gasteiger partial charge in [-0.1, -0.05) is 48.8 Å². The van der Waals surface area contributed by atoms with E-state index in [0.717, 1.165) is 15.6 Å². The van der Waals surface area contributed by atoms with E-state index in [9.17, 15) is 10.5 Å². The third kappa shape index (κ3) is 2.82. The monoisotopic (exact) mass is 381 g/mol. The van der Waals surface area contributed by atoms with E-state index in [1.54, 1.807) is 0 Å². The fourth-order valence-corrected chi connectivity index (χ4v) is 3.50. The number of benzene rings is 1. The molecule has 0 spiro atoms. The molecule has 1 aliphatic heterocycles. The summed E-state index contributed by atoms with van der Waals surface area (Å²) in [5.41, 5.74) is 0.393. The molecule has 1 aliphatic rings. The van der Waals surface area contributed by atoms with Gasteiger partial charge in [-0.2, -0.15) is 10.5 Å². The number of allylic oxidation sites excluding steroid dienone is 1. The number of rotatable bonds is 1. The Morgan fingerprint density at radius 2 is 1.92 bits per heavy atom. The van der Waals surface area contributed by atoms with Gasteiger partial charge in [0.05, 0.1) is 6.57 Å². The van der Waals surface area contributed by atoms with Crippen LogP contribution in [0.2, 0.25) is 0 Å². The van der Waals surface area contributed by atoms with E-state index in [0.29, 0.717) is 0 Å². The Kier molecular flexibility index (Phi) is 4.57. The van der Waals surface area contributed by atoms with Crippen molar-refractivity contribution in [1.29, 1.82) is 10.5 Å². The van der Waals surface area contributed by atoms with Crippen LogP contribution >= 0.6 is 15.9 Å². The van der Waals surface area contributed by atoms with Gasteiger partial charge in [-0.05, 0) is 35.6 Å². The van der Waals surface area contributed by atoms with Gasteiger partial charge in [0.15, 0.2) is 11.3 Å². The third-order valence-electron chi connectivity index (χ3n) is 3.92. The van der Waals surface area contributed by atoms with E-state index in [1.807, 2.05) is 64.1 Å². The Hall–Kier alpha value is -2.55. The zero-order chi connectivity index (χ0) is 18.1. The van der Waals surface area contributed by atoms with Crippen LogP contribution in [0.3, 0.4) is 0 Å². The molecule has 0 N–H and O–H groups in total. The summed E-state index contributed by atoms with van der Waals surface area (Å²) in [6.07, 6.45) is 0. The molecule has 0 saturated carbocycles. The van der Waals surface area contributed by atoms with Gasteiger partial charge in [0.2, 0.25) is 5.70 Å². The molecule has 0 saturated heterocycles. The predicted molar refractivity (Wildman–Crippen MR) is 93.9 cm³/mol. The first kappa shape index (κ1) is 17.8. The highest BCUT2D eigenvalue weighted by Crippen LogP contribution is 2.53. The molecule has 1 heterocycles. The van der Waals surface area contributed by atoms with Crippen molar-refractivity contribution < 1.29 is 4.74 Å². The molecule has 0 fully saturated rings. The molecule has 4 nitrogen and oxygen atoms in total. The molecule has 0 aliphatic carbocycles. The van der Waals surface area contributed by atoms with Crippen molar-refractivity contribution in [3.05, 3.63) is 68.3 Å². The maximum absolute atomic E-state index is 9.23. The van der Waals surface area contributed by atoms with Crippen LogP contribution in [-0.4, -0.2) is 0 Å². The average molecular weight is 382 g/mol. The molecular weight excluding hydrogens is 366 g/mol.